The molecule has 0 aromatic heterocycles. The molecule has 0 spiro atoms. The molecule has 1 saturated heterocycles. The molecule has 6 N–H and O–H groups in total. The molecule has 1 fully saturated rings. The van der Waals surface area contributed by atoms with Crippen molar-refractivity contribution in [1.29, 1.82) is 0 Å². The lowest BCUT2D eigenvalue weighted by molar-refractivity contribution is -0.302. The second-order valence-electron chi connectivity index (χ2n) is 27.4. The average Bonchev–Trinajstić information content (AvgIpc) is 1.01. The second-order valence-corrected chi connectivity index (χ2v) is 27.4. The van der Waals surface area contributed by atoms with E-state index in [1.165, 1.54) is 283 Å². The zero-order valence-electron chi connectivity index (χ0n) is 60.0. The number of carbonyl (C=O) groups is 2. The molecular weight excluding hydrogens is 1150 g/mol. The first-order chi connectivity index (χ1) is 45.2. The largest absolute Gasteiger partial charge is 0.466 e. The molecule has 0 saturated carbocycles. The van der Waals surface area contributed by atoms with Crippen LogP contribution in [0.4, 0.5) is 0 Å². The molecule has 11 nitrogen and oxygen atoms in total. The Kier molecular flexibility index (Phi) is 66.2. The SMILES string of the molecule is CC/C=C/CC/C=C/CC/C=C/C(O)C(COC1OC(CO)C(O)C(O)C1O)NC(=O)CCCCCCCCCCCCCCCCCCC/C=C\C/C=C\CCCCCCCCCCCCCCCOC(=O)CCCCCCCCCCCCCCCCCCC. The molecule has 0 aromatic carbocycles. The molecule has 538 valence electrons. The normalized spacial score (nSPS) is 17.8. The van der Waals surface area contributed by atoms with Crippen molar-refractivity contribution in [2.24, 2.45) is 0 Å². The van der Waals surface area contributed by atoms with Gasteiger partial charge in [-0.2, -0.15) is 0 Å². The summed E-state index contributed by atoms with van der Waals surface area (Å²) in [5.41, 5.74) is 0. The number of aliphatic hydroxyl groups is 5. The Morgan fingerprint density at radius 1 is 0.413 bits per heavy atom. The van der Waals surface area contributed by atoms with Crippen LogP contribution >= 0.6 is 0 Å². The Morgan fingerprint density at radius 2 is 0.772 bits per heavy atom. The monoisotopic (exact) mass is 1300 g/mol. The molecule has 0 bridgehead atoms. The zero-order valence-corrected chi connectivity index (χ0v) is 60.0. The van der Waals surface area contributed by atoms with E-state index < -0.39 is 49.5 Å². The van der Waals surface area contributed by atoms with Crippen LogP contribution in [0.15, 0.2) is 60.8 Å². The summed E-state index contributed by atoms with van der Waals surface area (Å²) in [4.78, 5) is 25.2. The van der Waals surface area contributed by atoms with E-state index in [0.717, 1.165) is 70.6 Å². The molecule has 7 unspecified atom stereocenters. The van der Waals surface area contributed by atoms with E-state index in [0.29, 0.717) is 19.4 Å². The van der Waals surface area contributed by atoms with E-state index in [9.17, 15) is 35.1 Å². The minimum atomic E-state index is -1.58. The number of esters is 1. The summed E-state index contributed by atoms with van der Waals surface area (Å²) in [6.07, 6.45) is 84.2. The Labute approximate surface area is 567 Å². The summed E-state index contributed by atoms with van der Waals surface area (Å²) in [6, 6.07) is -0.833. The summed E-state index contributed by atoms with van der Waals surface area (Å²) in [5.74, 6) is -0.179. The highest BCUT2D eigenvalue weighted by Gasteiger charge is 2.44. The van der Waals surface area contributed by atoms with Crippen LogP contribution in [0.1, 0.15) is 380 Å². The van der Waals surface area contributed by atoms with Crippen LogP contribution in [-0.2, 0) is 23.8 Å². The summed E-state index contributed by atoms with van der Waals surface area (Å²) < 4.78 is 16.7. The third-order valence-electron chi connectivity index (χ3n) is 18.6. The maximum Gasteiger partial charge on any atom is 0.305 e. The quantitative estimate of drug-likeness (QED) is 0.0195. The molecule has 1 rings (SSSR count). The molecular formula is C81H149NO10. The predicted molar refractivity (Wildman–Crippen MR) is 389 cm³/mol. The molecule has 0 radical (unpaired) electrons. The summed E-state index contributed by atoms with van der Waals surface area (Å²) >= 11 is 0. The second kappa shape index (κ2) is 69.7. The maximum absolute atomic E-state index is 13.0. The van der Waals surface area contributed by atoms with Crippen LogP contribution < -0.4 is 5.32 Å². The van der Waals surface area contributed by atoms with Gasteiger partial charge in [-0.1, -0.05) is 344 Å². The van der Waals surface area contributed by atoms with Gasteiger partial charge in [0.25, 0.3) is 0 Å². The van der Waals surface area contributed by atoms with E-state index >= 15 is 0 Å². The highest BCUT2D eigenvalue weighted by atomic mass is 16.7. The Balaban J connectivity index is 1.88. The smallest absolute Gasteiger partial charge is 0.305 e. The van der Waals surface area contributed by atoms with Gasteiger partial charge in [0.1, 0.15) is 24.4 Å². The Morgan fingerprint density at radius 3 is 1.18 bits per heavy atom. The van der Waals surface area contributed by atoms with Crippen LogP contribution in [0, 0.1) is 0 Å². The van der Waals surface area contributed by atoms with Gasteiger partial charge in [0.15, 0.2) is 6.29 Å². The van der Waals surface area contributed by atoms with E-state index in [-0.39, 0.29) is 18.5 Å². The number of hydrogen-bond donors (Lipinski definition) is 6. The number of ether oxygens (including phenoxy) is 3. The lowest BCUT2D eigenvalue weighted by Gasteiger charge is -2.40. The highest BCUT2D eigenvalue weighted by Crippen LogP contribution is 2.24. The lowest BCUT2D eigenvalue weighted by atomic mass is 9.99. The van der Waals surface area contributed by atoms with Crippen LogP contribution in [0.25, 0.3) is 0 Å². The highest BCUT2D eigenvalue weighted by molar-refractivity contribution is 5.76. The number of amides is 1. The predicted octanol–water partition coefficient (Wildman–Crippen LogP) is 21.2. The molecule has 7 atom stereocenters. The summed E-state index contributed by atoms with van der Waals surface area (Å²) in [7, 11) is 0. The molecule has 1 aliphatic heterocycles. The number of nitrogens with one attached hydrogen (secondary N) is 1. The van der Waals surface area contributed by atoms with Crippen molar-refractivity contribution in [3.05, 3.63) is 60.8 Å². The van der Waals surface area contributed by atoms with Gasteiger partial charge >= 0.3 is 5.97 Å². The van der Waals surface area contributed by atoms with Crippen molar-refractivity contribution in [3.63, 3.8) is 0 Å². The minimum Gasteiger partial charge on any atom is -0.466 e. The fourth-order valence-corrected chi connectivity index (χ4v) is 12.5. The first-order valence-corrected chi connectivity index (χ1v) is 39.6. The van der Waals surface area contributed by atoms with Gasteiger partial charge in [-0.05, 0) is 83.5 Å². The molecule has 1 amide bonds. The van der Waals surface area contributed by atoms with E-state index in [4.69, 9.17) is 14.2 Å². The molecule has 0 aromatic rings. The number of hydrogen-bond acceptors (Lipinski definition) is 10. The van der Waals surface area contributed by atoms with Gasteiger partial charge in [-0.3, -0.25) is 9.59 Å². The number of rotatable bonds is 70. The number of unbranched alkanes of at least 4 members (excludes halogenated alkanes) is 48. The van der Waals surface area contributed by atoms with Crippen molar-refractivity contribution in [2.75, 3.05) is 19.8 Å². The topological polar surface area (TPSA) is 175 Å². The van der Waals surface area contributed by atoms with Gasteiger partial charge < -0.3 is 45.1 Å². The molecule has 11 heteroatoms. The Hall–Kier alpha value is -2.64. The van der Waals surface area contributed by atoms with Gasteiger partial charge in [-0.15, -0.1) is 0 Å². The van der Waals surface area contributed by atoms with E-state index in [1.54, 1.807) is 6.08 Å². The Bertz CT molecular complexity index is 1710. The lowest BCUT2D eigenvalue weighted by Crippen LogP contribution is -2.60. The fourth-order valence-electron chi connectivity index (χ4n) is 12.5. The van der Waals surface area contributed by atoms with Gasteiger partial charge in [0.2, 0.25) is 5.91 Å². The third-order valence-corrected chi connectivity index (χ3v) is 18.6. The van der Waals surface area contributed by atoms with Gasteiger partial charge in [0, 0.05) is 12.8 Å². The van der Waals surface area contributed by atoms with E-state index in [1.807, 2.05) is 6.08 Å². The van der Waals surface area contributed by atoms with Crippen molar-refractivity contribution in [3.8, 4) is 0 Å². The number of aliphatic hydroxyl groups excluding tert-OH is 5. The maximum atomic E-state index is 13.0. The minimum absolute atomic E-state index is 0.0165. The number of carbonyl (C=O) groups excluding carboxylic acids is 2. The average molecular weight is 1300 g/mol. The van der Waals surface area contributed by atoms with E-state index in [2.05, 4.69) is 67.8 Å². The van der Waals surface area contributed by atoms with Crippen molar-refractivity contribution >= 4 is 11.9 Å². The number of allylic oxidation sites excluding steroid dienone is 9. The first-order valence-electron chi connectivity index (χ1n) is 39.6. The fraction of sp³-hybridized carbons (Fsp3) is 0.852. The molecule has 1 aliphatic rings. The van der Waals surface area contributed by atoms with Crippen LogP contribution in [-0.4, -0.2) is 100 Å². The summed E-state index contributed by atoms with van der Waals surface area (Å²) in [5, 5.41) is 54.3. The first kappa shape index (κ1) is 87.4. The molecule has 1 heterocycles. The van der Waals surface area contributed by atoms with Gasteiger partial charge in [-0.25, -0.2) is 0 Å². The van der Waals surface area contributed by atoms with Crippen LogP contribution in [0.5, 0.6) is 0 Å². The third kappa shape index (κ3) is 57.6. The molecule has 0 aliphatic carbocycles. The van der Waals surface area contributed by atoms with Crippen molar-refractivity contribution in [1.82, 2.24) is 5.32 Å². The standard InChI is InChI=1S/C81H149NO10/c1-3-5-7-9-11-13-15-16-17-39-43-46-49-53-57-61-65-69-77(86)90-70-66-62-58-54-50-47-44-41-38-36-34-32-30-28-26-24-22-20-18-19-21-23-25-27-29-31-33-35-37-40-42-45-48-52-56-60-64-68-76(85)82-73(72-91-81-80(89)79(88)78(87)75(71-83)92-81)74(84)67-63-59-55-51-14-12-10-8-6-4-2/h6,8,14,18,20,24,26,51,63,67,73-75,78-81,83-84,87-89H,3-5,7,9-13,15-17,19,21-23,25,27-50,52-62,64-66,68-72H2,1-2H3,(H,82,85)/b8-6+,20-18-,26-24-,51-14+,67-63+. The molecule has 92 heavy (non-hydrogen) atoms. The van der Waals surface area contributed by atoms with Gasteiger partial charge in [0.05, 0.1) is 32.0 Å². The van der Waals surface area contributed by atoms with Crippen molar-refractivity contribution < 1.29 is 49.3 Å². The van der Waals surface area contributed by atoms with Crippen LogP contribution in [0.2, 0.25) is 0 Å². The summed E-state index contributed by atoms with van der Waals surface area (Å²) in [6.45, 7) is 4.24. The zero-order chi connectivity index (χ0) is 66.5. The van der Waals surface area contributed by atoms with Crippen molar-refractivity contribution in [2.45, 2.75) is 423 Å². The van der Waals surface area contributed by atoms with Crippen LogP contribution in [0.3, 0.4) is 0 Å².